The highest BCUT2D eigenvalue weighted by molar-refractivity contribution is 5.78. The summed E-state index contributed by atoms with van der Waals surface area (Å²) < 4.78 is 13.0. The lowest BCUT2D eigenvalue weighted by Crippen LogP contribution is -2.42. The third kappa shape index (κ3) is 5.70. The van der Waals surface area contributed by atoms with E-state index in [1.54, 1.807) is 12.1 Å². The molecule has 1 N–H and O–H groups in total. The second-order valence-corrected chi connectivity index (χ2v) is 5.58. The van der Waals surface area contributed by atoms with Gasteiger partial charge >= 0.3 is 0 Å². The number of hydrogen-bond donors (Lipinski definition) is 1. The van der Waals surface area contributed by atoms with E-state index in [9.17, 15) is 9.18 Å². The largest absolute Gasteiger partial charge is 0.355 e. The summed E-state index contributed by atoms with van der Waals surface area (Å²) in [6.07, 6.45) is 0.223. The summed E-state index contributed by atoms with van der Waals surface area (Å²) in [5.74, 6) is -0.371. The molecule has 0 aliphatic rings. The van der Waals surface area contributed by atoms with Crippen LogP contribution in [0.1, 0.15) is 33.3 Å². The van der Waals surface area contributed by atoms with Crippen LogP contribution in [-0.2, 0) is 11.2 Å². The second-order valence-electron chi connectivity index (χ2n) is 5.58. The molecule has 1 rings (SSSR count). The molecule has 0 aliphatic heterocycles. The van der Waals surface area contributed by atoms with Gasteiger partial charge in [-0.1, -0.05) is 12.1 Å². The Bertz CT molecular complexity index is 424. The fourth-order valence-electron chi connectivity index (χ4n) is 2.33. The van der Waals surface area contributed by atoms with Crippen molar-refractivity contribution < 1.29 is 9.18 Å². The van der Waals surface area contributed by atoms with E-state index in [2.05, 4.69) is 37.9 Å². The van der Waals surface area contributed by atoms with Gasteiger partial charge < -0.3 is 5.32 Å². The second kappa shape index (κ2) is 8.00. The quantitative estimate of drug-likeness (QED) is 0.832. The van der Waals surface area contributed by atoms with E-state index in [-0.39, 0.29) is 18.1 Å². The Morgan fingerprint density at radius 2 is 1.90 bits per heavy atom. The number of nitrogens with zero attached hydrogens (tertiary/aromatic N) is 1. The van der Waals surface area contributed by atoms with Gasteiger partial charge in [0, 0.05) is 25.2 Å². The lowest BCUT2D eigenvalue weighted by Gasteiger charge is -2.30. The molecule has 0 fully saturated rings. The Morgan fingerprint density at radius 1 is 1.25 bits per heavy atom. The fourth-order valence-corrected chi connectivity index (χ4v) is 2.33. The number of amides is 1. The Morgan fingerprint density at radius 3 is 2.45 bits per heavy atom. The van der Waals surface area contributed by atoms with E-state index in [0.29, 0.717) is 24.2 Å². The highest BCUT2D eigenvalue weighted by Gasteiger charge is 2.13. The predicted octanol–water partition coefficient (Wildman–Crippen LogP) is 2.60. The number of carbonyl (C=O) groups excluding carboxylic acids is 1. The van der Waals surface area contributed by atoms with Crippen molar-refractivity contribution in [1.29, 1.82) is 0 Å². The first-order valence-corrected chi connectivity index (χ1v) is 7.17. The van der Waals surface area contributed by atoms with Gasteiger partial charge in [0.05, 0.1) is 6.42 Å². The molecule has 0 heterocycles. The maximum absolute atomic E-state index is 13.0. The van der Waals surface area contributed by atoms with Crippen LogP contribution < -0.4 is 5.32 Å². The van der Waals surface area contributed by atoms with E-state index >= 15 is 0 Å². The molecule has 0 unspecified atom stereocenters. The molecule has 1 aromatic carbocycles. The van der Waals surface area contributed by atoms with Crippen molar-refractivity contribution in [3.63, 3.8) is 0 Å². The van der Waals surface area contributed by atoms with E-state index in [0.717, 1.165) is 6.54 Å². The summed E-state index contributed by atoms with van der Waals surface area (Å²) in [5, 5.41) is 2.89. The predicted molar refractivity (Wildman–Crippen MR) is 80.1 cm³/mol. The highest BCUT2D eigenvalue weighted by atomic mass is 19.1. The van der Waals surface area contributed by atoms with Gasteiger partial charge in [-0.3, -0.25) is 9.69 Å². The van der Waals surface area contributed by atoms with Gasteiger partial charge in [-0.15, -0.1) is 0 Å². The van der Waals surface area contributed by atoms with Crippen molar-refractivity contribution in [2.24, 2.45) is 0 Å². The third-order valence-corrected chi connectivity index (χ3v) is 3.27. The molecule has 0 spiro atoms. The van der Waals surface area contributed by atoms with Crippen molar-refractivity contribution >= 4 is 5.91 Å². The van der Waals surface area contributed by atoms with Crippen LogP contribution in [0.15, 0.2) is 24.3 Å². The van der Waals surface area contributed by atoms with Crippen LogP contribution in [0.5, 0.6) is 0 Å². The van der Waals surface area contributed by atoms with E-state index in [1.165, 1.54) is 12.1 Å². The van der Waals surface area contributed by atoms with Gasteiger partial charge in [-0.2, -0.15) is 0 Å². The molecule has 0 bridgehead atoms. The summed E-state index contributed by atoms with van der Waals surface area (Å²) in [6.45, 7) is 10.0. The third-order valence-electron chi connectivity index (χ3n) is 3.27. The molecule has 0 saturated carbocycles. The molecule has 0 aliphatic carbocycles. The topological polar surface area (TPSA) is 32.3 Å². The standard InChI is InChI=1S/C16H25FN2O/c1-12(2)19(13(3)4)9-8-18-16(20)11-14-6-5-7-15(17)10-14/h5-7,10,12-13H,8-9,11H2,1-4H3,(H,18,20). The minimum Gasteiger partial charge on any atom is -0.355 e. The van der Waals surface area contributed by atoms with E-state index in [1.807, 2.05) is 0 Å². The maximum Gasteiger partial charge on any atom is 0.224 e. The molecule has 0 radical (unpaired) electrons. The first-order valence-electron chi connectivity index (χ1n) is 7.17. The van der Waals surface area contributed by atoms with E-state index in [4.69, 9.17) is 0 Å². The molecule has 3 nitrogen and oxygen atoms in total. The van der Waals surface area contributed by atoms with Crippen molar-refractivity contribution in [2.75, 3.05) is 13.1 Å². The highest BCUT2D eigenvalue weighted by Crippen LogP contribution is 2.05. The summed E-state index contributed by atoms with van der Waals surface area (Å²) in [5.41, 5.74) is 0.701. The van der Waals surface area contributed by atoms with Crippen molar-refractivity contribution in [3.05, 3.63) is 35.6 Å². The average molecular weight is 280 g/mol. The first-order chi connectivity index (χ1) is 9.40. The Balaban J connectivity index is 2.36. The molecule has 0 atom stereocenters. The average Bonchev–Trinajstić information content (AvgIpc) is 2.33. The van der Waals surface area contributed by atoms with Gasteiger partial charge in [0.1, 0.15) is 5.82 Å². The summed E-state index contributed by atoms with van der Waals surface area (Å²) in [6, 6.07) is 7.07. The molecule has 112 valence electrons. The van der Waals surface area contributed by atoms with Crippen LogP contribution >= 0.6 is 0 Å². The van der Waals surface area contributed by atoms with Crippen molar-refractivity contribution in [2.45, 2.75) is 46.2 Å². The minimum atomic E-state index is -0.305. The Kier molecular flexibility index (Phi) is 6.65. The number of rotatable bonds is 7. The number of nitrogens with one attached hydrogen (secondary N) is 1. The molecular weight excluding hydrogens is 255 g/mol. The molecule has 1 amide bonds. The SMILES string of the molecule is CC(C)N(CCNC(=O)Cc1cccc(F)c1)C(C)C. The summed E-state index contributed by atoms with van der Waals surface area (Å²) in [7, 11) is 0. The van der Waals surface area contributed by atoms with Crippen LogP contribution in [0, 0.1) is 5.82 Å². The summed E-state index contributed by atoms with van der Waals surface area (Å²) >= 11 is 0. The Hall–Kier alpha value is -1.42. The maximum atomic E-state index is 13.0. The molecule has 1 aromatic rings. The number of halogens is 1. The lowest BCUT2D eigenvalue weighted by atomic mass is 10.1. The van der Waals surface area contributed by atoms with Gasteiger partial charge in [0.2, 0.25) is 5.91 Å². The smallest absolute Gasteiger partial charge is 0.224 e. The van der Waals surface area contributed by atoms with Crippen LogP contribution in [0.25, 0.3) is 0 Å². The van der Waals surface area contributed by atoms with Gasteiger partial charge in [0.25, 0.3) is 0 Å². The van der Waals surface area contributed by atoms with Crippen LogP contribution in [0.4, 0.5) is 4.39 Å². The fraction of sp³-hybridized carbons (Fsp3) is 0.562. The summed E-state index contributed by atoms with van der Waals surface area (Å²) in [4.78, 5) is 14.1. The van der Waals surface area contributed by atoms with Crippen LogP contribution in [0.2, 0.25) is 0 Å². The van der Waals surface area contributed by atoms with Gasteiger partial charge in [0.15, 0.2) is 0 Å². The number of hydrogen-bond acceptors (Lipinski definition) is 2. The van der Waals surface area contributed by atoms with Crippen LogP contribution in [-0.4, -0.2) is 36.0 Å². The lowest BCUT2D eigenvalue weighted by molar-refractivity contribution is -0.120. The van der Waals surface area contributed by atoms with Gasteiger partial charge in [-0.05, 0) is 45.4 Å². The molecule has 0 aromatic heterocycles. The zero-order chi connectivity index (χ0) is 15.1. The Labute approximate surface area is 121 Å². The molecule has 4 heteroatoms. The number of carbonyl (C=O) groups is 1. The normalized spacial score (nSPS) is 11.4. The molecular formula is C16H25FN2O. The minimum absolute atomic E-state index is 0.0666. The zero-order valence-electron chi connectivity index (χ0n) is 12.8. The molecule has 20 heavy (non-hydrogen) atoms. The van der Waals surface area contributed by atoms with Gasteiger partial charge in [-0.25, -0.2) is 4.39 Å². The van der Waals surface area contributed by atoms with Crippen molar-refractivity contribution in [3.8, 4) is 0 Å². The number of benzene rings is 1. The van der Waals surface area contributed by atoms with E-state index < -0.39 is 0 Å². The molecule has 0 saturated heterocycles. The van der Waals surface area contributed by atoms with Crippen molar-refractivity contribution in [1.82, 2.24) is 10.2 Å². The zero-order valence-corrected chi connectivity index (χ0v) is 12.8. The van der Waals surface area contributed by atoms with Crippen LogP contribution in [0.3, 0.4) is 0 Å². The monoisotopic (exact) mass is 280 g/mol. The first kappa shape index (κ1) is 16.6.